The van der Waals surface area contributed by atoms with Gasteiger partial charge in [-0.1, -0.05) is 28.7 Å². The number of fused-ring (bicyclic) bond motifs is 2. The Hall–Kier alpha value is -3.96. The van der Waals surface area contributed by atoms with Gasteiger partial charge >= 0.3 is 0 Å². The number of benzene rings is 2. The smallest absolute Gasteiger partial charge is 0.128 e. The minimum atomic E-state index is 0.364. The standard InChI is InChI=1S/C22H16N6OS/c1-12-18-19(24)15(11-23)20(13-7-9-14(29-2)10-8-13)25-21(18)30-22(12)28-17-6-4-3-5-16(17)26-27-28/h3-10H,1-2H3,(H2,24,25). The molecule has 0 atom stereocenters. The first-order chi connectivity index (χ1) is 14.6. The Balaban J connectivity index is 1.77. The number of aromatic nitrogens is 4. The van der Waals surface area contributed by atoms with E-state index in [2.05, 4.69) is 16.4 Å². The van der Waals surface area contributed by atoms with Gasteiger partial charge in [-0.15, -0.1) is 5.10 Å². The summed E-state index contributed by atoms with van der Waals surface area (Å²) >= 11 is 1.48. The maximum absolute atomic E-state index is 9.82. The van der Waals surface area contributed by atoms with Crippen molar-refractivity contribution >= 4 is 38.3 Å². The second-order valence-corrected chi connectivity index (χ2v) is 7.77. The van der Waals surface area contributed by atoms with Gasteiger partial charge in [0.05, 0.1) is 24.0 Å². The van der Waals surface area contributed by atoms with Crippen LogP contribution in [-0.2, 0) is 0 Å². The average Bonchev–Trinajstić information content (AvgIpc) is 3.34. The van der Waals surface area contributed by atoms with E-state index in [-0.39, 0.29) is 0 Å². The number of nitriles is 1. The summed E-state index contributed by atoms with van der Waals surface area (Å²) in [7, 11) is 1.61. The zero-order chi connectivity index (χ0) is 20.8. The zero-order valence-electron chi connectivity index (χ0n) is 16.2. The molecule has 0 radical (unpaired) electrons. The molecule has 8 heteroatoms. The predicted octanol–water partition coefficient (Wildman–Crippen LogP) is 4.47. The number of hydrogen-bond donors (Lipinski definition) is 1. The summed E-state index contributed by atoms with van der Waals surface area (Å²) in [6, 6.07) is 17.4. The van der Waals surface area contributed by atoms with Crippen LogP contribution in [0.2, 0.25) is 0 Å². The highest BCUT2D eigenvalue weighted by Crippen LogP contribution is 2.40. The zero-order valence-corrected chi connectivity index (χ0v) is 17.1. The Morgan fingerprint density at radius 1 is 1.13 bits per heavy atom. The Bertz CT molecular complexity index is 1460. The SMILES string of the molecule is COc1ccc(-c2nc3sc(-n4nnc5ccccc54)c(C)c3c(N)c2C#N)cc1. The van der Waals surface area contributed by atoms with Crippen LogP contribution in [0.25, 0.3) is 37.5 Å². The molecule has 0 amide bonds. The minimum Gasteiger partial charge on any atom is -0.497 e. The highest BCUT2D eigenvalue weighted by Gasteiger charge is 2.22. The molecule has 3 aromatic heterocycles. The Labute approximate surface area is 176 Å². The van der Waals surface area contributed by atoms with Crippen LogP contribution in [0, 0.1) is 18.3 Å². The number of pyridine rings is 1. The molecule has 146 valence electrons. The lowest BCUT2D eigenvalue weighted by atomic mass is 10.0. The van der Waals surface area contributed by atoms with E-state index < -0.39 is 0 Å². The summed E-state index contributed by atoms with van der Waals surface area (Å²) in [6.07, 6.45) is 0. The third-order valence-corrected chi connectivity index (χ3v) is 6.27. The van der Waals surface area contributed by atoms with Crippen molar-refractivity contribution in [3.05, 3.63) is 59.7 Å². The van der Waals surface area contributed by atoms with Gasteiger partial charge in [0, 0.05) is 10.9 Å². The van der Waals surface area contributed by atoms with Crippen molar-refractivity contribution in [2.75, 3.05) is 12.8 Å². The van der Waals surface area contributed by atoms with Crippen LogP contribution in [0.4, 0.5) is 5.69 Å². The molecule has 2 aromatic carbocycles. The summed E-state index contributed by atoms with van der Waals surface area (Å²) in [5.74, 6) is 0.735. The van der Waals surface area contributed by atoms with E-state index in [1.807, 2.05) is 55.5 Å². The molecular weight excluding hydrogens is 396 g/mol. The third-order valence-electron chi connectivity index (χ3n) is 5.11. The number of nitrogens with zero attached hydrogens (tertiary/aromatic N) is 5. The molecule has 7 nitrogen and oxygen atoms in total. The van der Waals surface area contributed by atoms with Crippen LogP contribution >= 0.6 is 11.3 Å². The molecule has 30 heavy (non-hydrogen) atoms. The van der Waals surface area contributed by atoms with Gasteiger partial charge in [-0.2, -0.15) is 5.26 Å². The van der Waals surface area contributed by atoms with Crippen LogP contribution in [-0.4, -0.2) is 27.1 Å². The summed E-state index contributed by atoms with van der Waals surface area (Å²) in [4.78, 5) is 5.57. The van der Waals surface area contributed by atoms with E-state index in [1.165, 1.54) is 11.3 Å². The van der Waals surface area contributed by atoms with Gasteiger partial charge in [0.2, 0.25) is 0 Å². The molecule has 3 heterocycles. The summed E-state index contributed by atoms with van der Waals surface area (Å²) in [5.41, 5.74) is 11.3. The molecule has 0 saturated heterocycles. The minimum absolute atomic E-state index is 0.364. The van der Waals surface area contributed by atoms with Crippen molar-refractivity contribution in [1.82, 2.24) is 20.0 Å². The van der Waals surface area contributed by atoms with E-state index in [1.54, 1.807) is 11.8 Å². The maximum Gasteiger partial charge on any atom is 0.128 e. The van der Waals surface area contributed by atoms with E-state index in [0.717, 1.165) is 43.1 Å². The quantitative estimate of drug-likeness (QED) is 0.469. The first-order valence-corrected chi connectivity index (χ1v) is 10.0. The lowest BCUT2D eigenvalue weighted by Gasteiger charge is -2.09. The van der Waals surface area contributed by atoms with Crippen molar-refractivity contribution in [3.8, 4) is 28.1 Å². The second-order valence-electron chi connectivity index (χ2n) is 6.79. The van der Waals surface area contributed by atoms with Crippen molar-refractivity contribution in [2.45, 2.75) is 6.92 Å². The Kier molecular flexibility index (Phi) is 4.12. The third kappa shape index (κ3) is 2.60. The normalized spacial score (nSPS) is 11.1. The number of hydrogen-bond acceptors (Lipinski definition) is 7. The Morgan fingerprint density at radius 3 is 2.63 bits per heavy atom. The van der Waals surface area contributed by atoms with Gasteiger partial charge < -0.3 is 10.5 Å². The van der Waals surface area contributed by atoms with Crippen molar-refractivity contribution in [3.63, 3.8) is 0 Å². The number of nitrogens with two attached hydrogens (primary N) is 1. The lowest BCUT2D eigenvalue weighted by molar-refractivity contribution is 0.415. The van der Waals surface area contributed by atoms with Gasteiger partial charge in [0.25, 0.3) is 0 Å². The number of nitrogen functional groups attached to an aromatic ring is 1. The van der Waals surface area contributed by atoms with Gasteiger partial charge in [0.1, 0.15) is 32.7 Å². The average molecular weight is 412 g/mol. The van der Waals surface area contributed by atoms with Crippen LogP contribution in [0.5, 0.6) is 5.75 Å². The number of thiophene rings is 1. The molecule has 5 aromatic rings. The van der Waals surface area contributed by atoms with Crippen molar-refractivity contribution in [1.29, 1.82) is 5.26 Å². The molecule has 0 aliphatic heterocycles. The van der Waals surface area contributed by atoms with Crippen molar-refractivity contribution in [2.24, 2.45) is 0 Å². The van der Waals surface area contributed by atoms with Gasteiger partial charge in [0.15, 0.2) is 0 Å². The van der Waals surface area contributed by atoms with Crippen LogP contribution < -0.4 is 10.5 Å². The summed E-state index contributed by atoms with van der Waals surface area (Å²) in [5, 5.41) is 20.1. The van der Waals surface area contributed by atoms with E-state index >= 15 is 0 Å². The number of methoxy groups -OCH3 is 1. The molecule has 2 N–H and O–H groups in total. The first-order valence-electron chi connectivity index (χ1n) is 9.20. The number of para-hydroxylation sites is 1. The fraction of sp³-hybridized carbons (Fsp3) is 0.0909. The molecule has 0 spiro atoms. The number of anilines is 1. The van der Waals surface area contributed by atoms with E-state index in [9.17, 15) is 5.26 Å². The highest BCUT2D eigenvalue weighted by atomic mass is 32.1. The molecule has 0 aliphatic rings. The largest absolute Gasteiger partial charge is 0.497 e. The molecule has 5 rings (SSSR count). The molecule has 0 fully saturated rings. The summed E-state index contributed by atoms with van der Waals surface area (Å²) < 4.78 is 7.03. The molecule has 0 unspecified atom stereocenters. The number of ether oxygens (including phenoxy) is 1. The highest BCUT2D eigenvalue weighted by molar-refractivity contribution is 7.21. The van der Waals surface area contributed by atoms with Gasteiger partial charge in [-0.25, -0.2) is 9.67 Å². The van der Waals surface area contributed by atoms with Crippen LogP contribution in [0.15, 0.2) is 48.5 Å². The maximum atomic E-state index is 9.82. The van der Waals surface area contributed by atoms with Gasteiger partial charge in [-0.3, -0.25) is 0 Å². The van der Waals surface area contributed by atoms with E-state index in [0.29, 0.717) is 16.9 Å². The molecule has 0 bridgehead atoms. The lowest BCUT2D eigenvalue weighted by Crippen LogP contribution is -1.99. The number of rotatable bonds is 3. The topological polar surface area (TPSA) is 103 Å². The predicted molar refractivity (Wildman–Crippen MR) is 118 cm³/mol. The van der Waals surface area contributed by atoms with Crippen LogP contribution in [0.1, 0.15) is 11.1 Å². The van der Waals surface area contributed by atoms with E-state index in [4.69, 9.17) is 15.5 Å². The summed E-state index contributed by atoms with van der Waals surface area (Å²) in [6.45, 7) is 1.97. The molecular formula is C22H16N6OS. The van der Waals surface area contributed by atoms with Gasteiger partial charge in [-0.05, 0) is 48.9 Å². The first kappa shape index (κ1) is 18.1. The second kappa shape index (κ2) is 6.83. The number of aryl methyl sites for hydroxylation is 1. The Morgan fingerprint density at radius 2 is 1.90 bits per heavy atom. The molecule has 0 aliphatic carbocycles. The van der Waals surface area contributed by atoms with Crippen molar-refractivity contribution < 1.29 is 4.74 Å². The molecule has 0 saturated carbocycles. The van der Waals surface area contributed by atoms with Crippen LogP contribution in [0.3, 0.4) is 0 Å². The fourth-order valence-electron chi connectivity index (χ4n) is 3.58. The monoisotopic (exact) mass is 412 g/mol. The fourth-order valence-corrected chi connectivity index (χ4v) is 4.75.